The molecule has 2 aliphatic rings. The van der Waals surface area contributed by atoms with E-state index in [9.17, 15) is 9.59 Å². The van der Waals surface area contributed by atoms with Crippen molar-refractivity contribution in [3.63, 3.8) is 0 Å². The molecular formula is C17H22N2O4S. The Morgan fingerprint density at radius 1 is 1.33 bits per heavy atom. The summed E-state index contributed by atoms with van der Waals surface area (Å²) in [6.45, 7) is 3.93. The second-order valence-corrected chi connectivity index (χ2v) is 7.78. The maximum Gasteiger partial charge on any atom is 0.248 e. The maximum atomic E-state index is 12.8. The SMILES string of the molecule is COc1cc(C)c(NC(=O)[C@H]2CS[C@]3(C)CCC(=O)N23)cc1OC. The van der Waals surface area contributed by atoms with Crippen molar-refractivity contribution in [3.8, 4) is 11.5 Å². The molecular weight excluding hydrogens is 328 g/mol. The van der Waals surface area contributed by atoms with Gasteiger partial charge in [-0.05, 0) is 31.9 Å². The van der Waals surface area contributed by atoms with Crippen LogP contribution >= 0.6 is 11.8 Å². The number of nitrogens with zero attached hydrogens (tertiary/aromatic N) is 1. The third-order valence-electron chi connectivity index (χ3n) is 4.74. The lowest BCUT2D eigenvalue weighted by Crippen LogP contribution is -2.48. The Kier molecular flexibility index (Phi) is 4.38. The number of fused-ring (bicyclic) bond motifs is 1. The number of rotatable bonds is 4. The average molecular weight is 350 g/mol. The van der Waals surface area contributed by atoms with Gasteiger partial charge in [0.1, 0.15) is 6.04 Å². The predicted molar refractivity (Wildman–Crippen MR) is 93.6 cm³/mol. The lowest BCUT2D eigenvalue weighted by Gasteiger charge is -2.30. The molecule has 2 aliphatic heterocycles. The maximum absolute atomic E-state index is 12.8. The lowest BCUT2D eigenvalue weighted by molar-refractivity contribution is -0.135. The summed E-state index contributed by atoms with van der Waals surface area (Å²) in [4.78, 5) is 26.4. The summed E-state index contributed by atoms with van der Waals surface area (Å²) in [5, 5.41) is 2.95. The van der Waals surface area contributed by atoms with Crippen molar-refractivity contribution in [2.24, 2.45) is 0 Å². The fraction of sp³-hybridized carbons (Fsp3) is 0.529. The molecule has 2 atom stereocenters. The minimum atomic E-state index is -0.428. The number of anilines is 1. The second kappa shape index (κ2) is 6.20. The Morgan fingerprint density at radius 3 is 2.67 bits per heavy atom. The van der Waals surface area contributed by atoms with Crippen LogP contribution in [0, 0.1) is 6.92 Å². The molecule has 24 heavy (non-hydrogen) atoms. The number of aryl methyl sites for hydroxylation is 1. The molecule has 2 heterocycles. The van der Waals surface area contributed by atoms with Crippen LogP contribution < -0.4 is 14.8 Å². The summed E-state index contributed by atoms with van der Waals surface area (Å²) < 4.78 is 10.6. The molecule has 130 valence electrons. The Hall–Kier alpha value is -1.89. The molecule has 0 bridgehead atoms. The zero-order valence-electron chi connectivity index (χ0n) is 14.3. The van der Waals surface area contributed by atoms with Gasteiger partial charge in [-0.2, -0.15) is 0 Å². The molecule has 0 spiro atoms. The van der Waals surface area contributed by atoms with E-state index in [1.54, 1.807) is 36.9 Å². The van der Waals surface area contributed by atoms with Gasteiger partial charge in [0.15, 0.2) is 11.5 Å². The number of hydrogen-bond donors (Lipinski definition) is 1. The summed E-state index contributed by atoms with van der Waals surface area (Å²) in [6, 6.07) is 3.14. The highest BCUT2D eigenvalue weighted by Gasteiger charge is 2.52. The lowest BCUT2D eigenvalue weighted by atomic mass is 10.1. The van der Waals surface area contributed by atoms with Crippen LogP contribution in [-0.4, -0.2) is 47.6 Å². The molecule has 2 saturated heterocycles. The molecule has 1 N–H and O–H groups in total. The van der Waals surface area contributed by atoms with E-state index in [2.05, 4.69) is 5.32 Å². The van der Waals surface area contributed by atoms with E-state index in [1.807, 2.05) is 19.9 Å². The van der Waals surface area contributed by atoms with Crippen LogP contribution in [-0.2, 0) is 9.59 Å². The van der Waals surface area contributed by atoms with E-state index in [-0.39, 0.29) is 16.7 Å². The fourth-order valence-corrected chi connectivity index (χ4v) is 4.78. The summed E-state index contributed by atoms with van der Waals surface area (Å²) in [5.41, 5.74) is 1.55. The first-order chi connectivity index (χ1) is 11.4. The first kappa shape index (κ1) is 17.0. The van der Waals surface area contributed by atoms with Gasteiger partial charge in [-0.15, -0.1) is 11.8 Å². The third kappa shape index (κ3) is 2.70. The first-order valence-corrected chi connectivity index (χ1v) is 8.88. The van der Waals surface area contributed by atoms with Gasteiger partial charge in [0.2, 0.25) is 11.8 Å². The molecule has 7 heteroatoms. The molecule has 0 aliphatic carbocycles. The smallest absolute Gasteiger partial charge is 0.248 e. The van der Waals surface area contributed by atoms with Crippen molar-refractivity contribution in [2.45, 2.75) is 37.6 Å². The van der Waals surface area contributed by atoms with Crippen LogP contribution in [0.3, 0.4) is 0 Å². The van der Waals surface area contributed by atoms with Crippen molar-refractivity contribution in [1.82, 2.24) is 4.90 Å². The van der Waals surface area contributed by atoms with Crippen LogP contribution in [0.5, 0.6) is 11.5 Å². The quantitative estimate of drug-likeness (QED) is 0.903. The number of nitrogens with one attached hydrogen (secondary N) is 1. The van der Waals surface area contributed by atoms with Crippen molar-refractivity contribution >= 4 is 29.3 Å². The van der Waals surface area contributed by atoms with Gasteiger partial charge < -0.3 is 19.7 Å². The Labute approximate surface area is 145 Å². The zero-order valence-corrected chi connectivity index (χ0v) is 15.2. The summed E-state index contributed by atoms with van der Waals surface area (Å²) in [5.74, 6) is 1.71. The topological polar surface area (TPSA) is 67.9 Å². The summed E-state index contributed by atoms with van der Waals surface area (Å²) >= 11 is 1.68. The Morgan fingerprint density at radius 2 is 2.00 bits per heavy atom. The van der Waals surface area contributed by atoms with Gasteiger partial charge in [0.25, 0.3) is 0 Å². The van der Waals surface area contributed by atoms with Crippen molar-refractivity contribution in [2.75, 3.05) is 25.3 Å². The van der Waals surface area contributed by atoms with E-state index in [1.165, 1.54) is 0 Å². The number of amides is 2. The van der Waals surface area contributed by atoms with Crippen molar-refractivity contribution in [3.05, 3.63) is 17.7 Å². The van der Waals surface area contributed by atoms with Crippen molar-refractivity contribution < 1.29 is 19.1 Å². The molecule has 2 amide bonds. The average Bonchev–Trinajstić information content (AvgIpc) is 3.05. The van der Waals surface area contributed by atoms with Crippen molar-refractivity contribution in [1.29, 1.82) is 0 Å². The molecule has 3 rings (SSSR count). The third-order valence-corrected chi connectivity index (χ3v) is 6.24. The molecule has 6 nitrogen and oxygen atoms in total. The van der Waals surface area contributed by atoms with Gasteiger partial charge >= 0.3 is 0 Å². The Balaban J connectivity index is 1.82. The largest absolute Gasteiger partial charge is 0.493 e. The molecule has 1 aromatic carbocycles. The van der Waals surface area contributed by atoms with Gasteiger partial charge in [-0.25, -0.2) is 0 Å². The number of benzene rings is 1. The Bertz CT molecular complexity index is 693. The van der Waals surface area contributed by atoms with Crippen LogP contribution in [0.4, 0.5) is 5.69 Å². The van der Waals surface area contributed by atoms with E-state index in [0.717, 1.165) is 12.0 Å². The minimum absolute atomic E-state index is 0.0617. The highest BCUT2D eigenvalue weighted by atomic mass is 32.2. The molecule has 0 aromatic heterocycles. The van der Waals surface area contributed by atoms with Crippen LogP contribution in [0.1, 0.15) is 25.3 Å². The normalized spacial score (nSPS) is 25.6. The summed E-state index contributed by atoms with van der Waals surface area (Å²) in [7, 11) is 3.13. The highest BCUT2D eigenvalue weighted by molar-refractivity contribution is 8.01. The molecule has 2 fully saturated rings. The first-order valence-electron chi connectivity index (χ1n) is 7.89. The van der Waals surface area contributed by atoms with Crippen LogP contribution in [0.2, 0.25) is 0 Å². The molecule has 1 aromatic rings. The van der Waals surface area contributed by atoms with Crippen LogP contribution in [0.25, 0.3) is 0 Å². The van der Waals surface area contributed by atoms with E-state index in [4.69, 9.17) is 9.47 Å². The highest BCUT2D eigenvalue weighted by Crippen LogP contribution is 2.47. The predicted octanol–water partition coefficient (Wildman–Crippen LogP) is 2.40. The van der Waals surface area contributed by atoms with Gasteiger partial charge in [-0.3, -0.25) is 9.59 Å². The number of carbonyl (C=O) groups is 2. The van der Waals surface area contributed by atoms with E-state index >= 15 is 0 Å². The molecule has 0 saturated carbocycles. The molecule has 0 unspecified atom stereocenters. The van der Waals surface area contributed by atoms with Gasteiger partial charge in [-0.1, -0.05) is 0 Å². The number of thioether (sulfide) groups is 1. The number of hydrogen-bond acceptors (Lipinski definition) is 5. The van der Waals surface area contributed by atoms with Crippen LogP contribution in [0.15, 0.2) is 12.1 Å². The van der Waals surface area contributed by atoms with E-state index in [0.29, 0.717) is 29.4 Å². The van der Waals surface area contributed by atoms with Gasteiger partial charge in [0.05, 0.1) is 19.1 Å². The monoisotopic (exact) mass is 350 g/mol. The zero-order chi connectivity index (χ0) is 17.5. The van der Waals surface area contributed by atoms with Gasteiger partial charge in [0, 0.05) is 23.9 Å². The minimum Gasteiger partial charge on any atom is -0.493 e. The second-order valence-electron chi connectivity index (χ2n) is 6.28. The number of ether oxygens (including phenoxy) is 2. The summed E-state index contributed by atoms with van der Waals surface area (Å²) in [6.07, 6.45) is 1.32. The van der Waals surface area contributed by atoms with E-state index < -0.39 is 6.04 Å². The fourth-order valence-electron chi connectivity index (χ4n) is 3.35. The number of methoxy groups -OCH3 is 2. The molecule has 0 radical (unpaired) electrons. The standard InChI is InChI=1S/C17H22N2O4S/c1-10-7-13(22-3)14(23-4)8-11(10)18-16(21)12-9-24-17(2)6-5-15(20)19(12)17/h7-8,12H,5-6,9H2,1-4H3,(H,18,21)/t12-,17-/m1/s1. The number of carbonyl (C=O) groups excluding carboxylic acids is 2.